The van der Waals surface area contributed by atoms with Crippen molar-refractivity contribution in [1.82, 2.24) is 4.98 Å². The van der Waals surface area contributed by atoms with Crippen LogP contribution in [0.2, 0.25) is 5.02 Å². The highest BCUT2D eigenvalue weighted by Gasteiger charge is 2.09. The Hall–Kier alpha value is -1.79. The van der Waals surface area contributed by atoms with Gasteiger partial charge in [-0.3, -0.25) is 5.32 Å². The van der Waals surface area contributed by atoms with E-state index in [0.29, 0.717) is 22.3 Å². The average Bonchev–Trinajstić information content (AvgIpc) is 2.38. The minimum absolute atomic E-state index is 0.429. The molecule has 0 bridgehead atoms. The lowest BCUT2D eigenvalue weighted by atomic mass is 10.3. The molecular formula is C13H11BrClN3O2. The molecule has 20 heavy (non-hydrogen) atoms. The number of hydrogen-bond donors (Lipinski definition) is 2. The Bertz CT molecular complexity index is 637. The van der Waals surface area contributed by atoms with Gasteiger partial charge in [0.15, 0.2) is 0 Å². The molecular weight excluding hydrogens is 346 g/mol. The van der Waals surface area contributed by atoms with Crippen molar-refractivity contribution in [2.24, 2.45) is 0 Å². The zero-order chi connectivity index (χ0) is 14.5. The molecule has 2 amide bonds. The highest BCUT2D eigenvalue weighted by molar-refractivity contribution is 9.10. The maximum absolute atomic E-state index is 11.9. The largest absolute Gasteiger partial charge is 0.495 e. The van der Waals surface area contributed by atoms with Crippen molar-refractivity contribution < 1.29 is 9.53 Å². The van der Waals surface area contributed by atoms with E-state index in [2.05, 4.69) is 31.5 Å². The summed E-state index contributed by atoms with van der Waals surface area (Å²) in [5.74, 6) is 0.949. The first-order valence-electron chi connectivity index (χ1n) is 5.61. The maximum Gasteiger partial charge on any atom is 0.324 e. The highest BCUT2D eigenvalue weighted by Crippen LogP contribution is 2.27. The van der Waals surface area contributed by atoms with Crippen LogP contribution in [0.4, 0.5) is 16.3 Å². The van der Waals surface area contributed by atoms with E-state index in [4.69, 9.17) is 16.3 Å². The molecule has 0 radical (unpaired) electrons. The molecule has 1 aromatic carbocycles. The number of carbonyl (C=O) groups is 1. The molecule has 1 heterocycles. The van der Waals surface area contributed by atoms with Crippen LogP contribution in [-0.2, 0) is 0 Å². The predicted molar refractivity (Wildman–Crippen MR) is 82.6 cm³/mol. The molecule has 104 valence electrons. The van der Waals surface area contributed by atoms with Crippen LogP contribution >= 0.6 is 27.5 Å². The second kappa shape index (κ2) is 6.58. The summed E-state index contributed by atoms with van der Waals surface area (Å²) in [5.41, 5.74) is 0.479. The lowest BCUT2D eigenvalue weighted by Crippen LogP contribution is -2.20. The molecule has 2 aromatic rings. The molecule has 0 aliphatic rings. The van der Waals surface area contributed by atoms with Crippen LogP contribution in [0.25, 0.3) is 0 Å². The van der Waals surface area contributed by atoms with Crippen LogP contribution < -0.4 is 15.4 Å². The number of aromatic nitrogens is 1. The molecule has 0 unspecified atom stereocenters. The number of rotatable bonds is 3. The summed E-state index contributed by atoms with van der Waals surface area (Å²) < 4.78 is 5.97. The van der Waals surface area contributed by atoms with Crippen LogP contribution in [-0.4, -0.2) is 18.1 Å². The van der Waals surface area contributed by atoms with E-state index in [0.717, 1.165) is 4.47 Å². The molecule has 0 atom stereocenters. The summed E-state index contributed by atoms with van der Waals surface area (Å²) in [6.07, 6.45) is 1.58. The van der Waals surface area contributed by atoms with E-state index in [9.17, 15) is 4.79 Å². The summed E-state index contributed by atoms with van der Waals surface area (Å²) in [6, 6.07) is 7.98. The van der Waals surface area contributed by atoms with Crippen molar-refractivity contribution in [1.29, 1.82) is 0 Å². The summed E-state index contributed by atoms with van der Waals surface area (Å²) in [5, 5.41) is 5.77. The molecule has 2 N–H and O–H groups in total. The topological polar surface area (TPSA) is 63.2 Å². The molecule has 0 saturated carbocycles. The third-order valence-corrected chi connectivity index (χ3v) is 3.10. The van der Waals surface area contributed by atoms with Gasteiger partial charge in [-0.15, -0.1) is 0 Å². The molecule has 7 heteroatoms. The van der Waals surface area contributed by atoms with Crippen LogP contribution in [0, 0.1) is 0 Å². The normalized spacial score (nSPS) is 9.95. The molecule has 5 nitrogen and oxygen atoms in total. The summed E-state index contributed by atoms with van der Waals surface area (Å²) in [6.45, 7) is 0. The molecule has 0 aliphatic carbocycles. The van der Waals surface area contributed by atoms with Crippen LogP contribution in [0.5, 0.6) is 5.75 Å². The number of anilines is 2. The highest BCUT2D eigenvalue weighted by atomic mass is 79.9. The Morgan fingerprint density at radius 2 is 2.10 bits per heavy atom. The Kier molecular flexibility index (Phi) is 4.81. The van der Waals surface area contributed by atoms with E-state index >= 15 is 0 Å². The van der Waals surface area contributed by atoms with Gasteiger partial charge in [0.05, 0.1) is 12.8 Å². The molecule has 0 saturated heterocycles. The van der Waals surface area contributed by atoms with Crippen LogP contribution in [0.3, 0.4) is 0 Å². The summed E-state index contributed by atoms with van der Waals surface area (Å²) in [7, 11) is 1.52. The van der Waals surface area contributed by atoms with Crippen LogP contribution in [0.1, 0.15) is 0 Å². The number of ether oxygens (including phenoxy) is 1. The van der Waals surface area contributed by atoms with Crippen LogP contribution in [0.15, 0.2) is 41.0 Å². The number of halogens is 2. The fourth-order valence-corrected chi connectivity index (χ4v) is 2.03. The number of methoxy groups -OCH3 is 1. The van der Waals surface area contributed by atoms with Gasteiger partial charge in [0.2, 0.25) is 0 Å². The number of hydrogen-bond acceptors (Lipinski definition) is 3. The lowest BCUT2D eigenvalue weighted by molar-refractivity contribution is 0.262. The van der Waals surface area contributed by atoms with Crippen molar-refractivity contribution in [2.45, 2.75) is 0 Å². The minimum Gasteiger partial charge on any atom is -0.495 e. The van der Waals surface area contributed by atoms with Crippen molar-refractivity contribution in [2.75, 3.05) is 17.7 Å². The van der Waals surface area contributed by atoms with E-state index in [1.165, 1.54) is 7.11 Å². The molecule has 1 aromatic heterocycles. The number of nitrogens with one attached hydrogen (secondary N) is 2. The number of pyridine rings is 1. The van der Waals surface area contributed by atoms with Gasteiger partial charge in [-0.05, 0) is 30.3 Å². The zero-order valence-electron chi connectivity index (χ0n) is 10.5. The summed E-state index contributed by atoms with van der Waals surface area (Å²) >= 11 is 9.19. The first-order valence-corrected chi connectivity index (χ1v) is 6.78. The Morgan fingerprint density at radius 1 is 1.30 bits per heavy atom. The molecule has 0 fully saturated rings. The number of benzene rings is 1. The van der Waals surface area contributed by atoms with Gasteiger partial charge < -0.3 is 10.1 Å². The zero-order valence-corrected chi connectivity index (χ0v) is 12.8. The van der Waals surface area contributed by atoms with E-state index in [1.807, 2.05) is 0 Å². The van der Waals surface area contributed by atoms with E-state index in [1.54, 1.807) is 36.5 Å². The van der Waals surface area contributed by atoms with Gasteiger partial charge >= 0.3 is 6.03 Å². The van der Waals surface area contributed by atoms with Gasteiger partial charge in [-0.2, -0.15) is 0 Å². The molecule has 2 rings (SSSR count). The third kappa shape index (κ3) is 3.85. The van der Waals surface area contributed by atoms with Gasteiger partial charge in [0.25, 0.3) is 0 Å². The van der Waals surface area contributed by atoms with Gasteiger partial charge in [-0.25, -0.2) is 9.78 Å². The van der Waals surface area contributed by atoms with E-state index in [-0.39, 0.29) is 0 Å². The minimum atomic E-state index is -0.434. The predicted octanol–water partition coefficient (Wildman–Crippen LogP) is 4.15. The molecule has 0 spiro atoms. The smallest absolute Gasteiger partial charge is 0.324 e. The SMILES string of the molecule is COc1ccc(Cl)cc1NC(=O)Nc1cc(Br)ccn1. The Labute approximate surface area is 129 Å². The van der Waals surface area contributed by atoms with E-state index < -0.39 is 6.03 Å². The quantitative estimate of drug-likeness (QED) is 0.868. The monoisotopic (exact) mass is 355 g/mol. The van der Waals surface area contributed by atoms with Gasteiger partial charge in [0.1, 0.15) is 11.6 Å². The van der Waals surface area contributed by atoms with Gasteiger partial charge in [-0.1, -0.05) is 27.5 Å². The average molecular weight is 357 g/mol. The summed E-state index contributed by atoms with van der Waals surface area (Å²) in [4.78, 5) is 15.9. The standard InChI is InChI=1S/C13H11BrClN3O2/c1-20-11-3-2-9(15)7-10(11)17-13(19)18-12-6-8(14)4-5-16-12/h2-7H,1H3,(H2,16,17,18,19). The second-order valence-corrected chi connectivity index (χ2v) is 5.14. The Balaban J connectivity index is 2.10. The second-order valence-electron chi connectivity index (χ2n) is 3.78. The van der Waals surface area contributed by atoms with Gasteiger partial charge in [0, 0.05) is 15.7 Å². The van der Waals surface area contributed by atoms with Crippen molar-refractivity contribution in [3.05, 3.63) is 46.0 Å². The number of amides is 2. The first-order chi connectivity index (χ1) is 9.58. The lowest BCUT2D eigenvalue weighted by Gasteiger charge is -2.11. The number of carbonyl (C=O) groups excluding carboxylic acids is 1. The Morgan fingerprint density at radius 3 is 2.80 bits per heavy atom. The van der Waals surface area contributed by atoms with Crippen molar-refractivity contribution in [3.8, 4) is 5.75 Å². The first kappa shape index (κ1) is 14.6. The van der Waals surface area contributed by atoms with Crippen molar-refractivity contribution >= 4 is 45.1 Å². The number of urea groups is 1. The molecule has 0 aliphatic heterocycles. The fraction of sp³-hybridized carbons (Fsp3) is 0.0769. The number of nitrogens with zero attached hydrogens (tertiary/aromatic N) is 1. The fourth-order valence-electron chi connectivity index (χ4n) is 1.52. The van der Waals surface area contributed by atoms with Crippen molar-refractivity contribution in [3.63, 3.8) is 0 Å². The maximum atomic E-state index is 11.9. The third-order valence-electron chi connectivity index (χ3n) is 2.37.